The molecule has 0 saturated carbocycles. The van der Waals surface area contributed by atoms with Crippen LogP contribution < -0.4 is 4.90 Å². The highest BCUT2D eigenvalue weighted by Gasteiger charge is 2.51. The van der Waals surface area contributed by atoms with Crippen molar-refractivity contribution in [1.29, 1.82) is 0 Å². The Morgan fingerprint density at radius 2 is 0.927 bits per heavy atom. The predicted molar refractivity (Wildman–Crippen MR) is 225 cm³/mol. The highest BCUT2D eigenvalue weighted by Crippen LogP contribution is 2.63. The maximum atomic E-state index is 5.08. The van der Waals surface area contributed by atoms with E-state index in [9.17, 15) is 0 Å². The minimum Gasteiger partial charge on any atom is -0.310 e. The molecule has 0 fully saturated rings. The van der Waals surface area contributed by atoms with Gasteiger partial charge in [0.25, 0.3) is 0 Å². The molecule has 4 nitrogen and oxygen atoms in total. The molecular weight excluding hydrogens is 669 g/mol. The fraction of sp³-hybridized carbons (Fsp3) is 0.0196. The van der Waals surface area contributed by atoms with E-state index in [-0.39, 0.29) is 0 Å². The molecule has 1 spiro atoms. The molecule has 0 atom stereocenters. The van der Waals surface area contributed by atoms with Crippen LogP contribution in [0.1, 0.15) is 22.3 Å². The van der Waals surface area contributed by atoms with E-state index in [2.05, 4.69) is 169 Å². The third kappa shape index (κ3) is 4.16. The normalized spacial score (nSPS) is 13.2. The van der Waals surface area contributed by atoms with Crippen molar-refractivity contribution in [2.45, 2.75) is 5.41 Å². The molecule has 2 aliphatic rings. The molecule has 256 valence electrons. The number of rotatable bonds is 4. The van der Waals surface area contributed by atoms with Gasteiger partial charge in [-0.3, -0.25) is 0 Å². The largest absolute Gasteiger partial charge is 0.310 e. The molecular formula is C51H32N4. The van der Waals surface area contributed by atoms with E-state index in [1.54, 1.807) is 4.80 Å². The second-order valence-electron chi connectivity index (χ2n) is 14.6. The molecule has 0 amide bonds. The van der Waals surface area contributed by atoms with E-state index in [0.717, 1.165) is 55.3 Å². The van der Waals surface area contributed by atoms with Crippen molar-refractivity contribution in [3.8, 4) is 27.9 Å². The van der Waals surface area contributed by atoms with Gasteiger partial charge in [-0.15, -0.1) is 10.2 Å². The van der Waals surface area contributed by atoms with Crippen molar-refractivity contribution in [3.05, 3.63) is 216 Å². The van der Waals surface area contributed by atoms with Gasteiger partial charge in [-0.1, -0.05) is 140 Å². The molecule has 2 aliphatic carbocycles. The predicted octanol–water partition coefficient (Wildman–Crippen LogP) is 12.5. The van der Waals surface area contributed by atoms with Gasteiger partial charge in [0.15, 0.2) is 0 Å². The summed E-state index contributed by atoms with van der Waals surface area (Å²) in [5.41, 5.74) is 16.1. The lowest BCUT2D eigenvalue weighted by Gasteiger charge is -2.32. The van der Waals surface area contributed by atoms with Gasteiger partial charge < -0.3 is 4.90 Å². The average molecular weight is 701 g/mol. The number of nitrogens with zero attached hydrogens (tertiary/aromatic N) is 4. The van der Waals surface area contributed by atoms with Crippen molar-refractivity contribution in [2.75, 3.05) is 4.90 Å². The monoisotopic (exact) mass is 700 g/mol. The first kappa shape index (κ1) is 30.2. The number of hydrogen-bond acceptors (Lipinski definition) is 3. The fourth-order valence-electron chi connectivity index (χ4n) is 9.57. The van der Waals surface area contributed by atoms with Gasteiger partial charge in [0.1, 0.15) is 11.0 Å². The lowest BCUT2D eigenvalue weighted by atomic mass is 9.70. The zero-order valence-electron chi connectivity index (χ0n) is 29.8. The summed E-state index contributed by atoms with van der Waals surface area (Å²) in [5, 5.41) is 14.5. The van der Waals surface area contributed by atoms with E-state index in [4.69, 9.17) is 10.2 Å². The third-order valence-corrected chi connectivity index (χ3v) is 11.8. The minimum absolute atomic E-state index is 0.423. The van der Waals surface area contributed by atoms with Crippen LogP contribution in [0.15, 0.2) is 194 Å². The van der Waals surface area contributed by atoms with Crippen molar-refractivity contribution >= 4 is 49.6 Å². The van der Waals surface area contributed by atoms with Crippen molar-refractivity contribution in [2.24, 2.45) is 0 Å². The molecule has 1 heterocycles. The molecule has 55 heavy (non-hydrogen) atoms. The Balaban J connectivity index is 1.11. The van der Waals surface area contributed by atoms with Crippen LogP contribution in [0.3, 0.4) is 0 Å². The van der Waals surface area contributed by atoms with Crippen LogP contribution in [0.2, 0.25) is 0 Å². The molecule has 0 radical (unpaired) electrons. The van der Waals surface area contributed by atoms with Crippen LogP contribution in [-0.4, -0.2) is 15.0 Å². The van der Waals surface area contributed by atoms with E-state index < -0.39 is 5.41 Å². The third-order valence-electron chi connectivity index (χ3n) is 11.8. The van der Waals surface area contributed by atoms with Crippen LogP contribution in [0.25, 0.3) is 60.5 Å². The molecule has 12 rings (SSSR count). The van der Waals surface area contributed by atoms with E-state index in [1.165, 1.54) is 44.5 Å². The molecule has 0 aliphatic heterocycles. The van der Waals surface area contributed by atoms with Crippen LogP contribution in [0, 0.1) is 0 Å². The molecule has 9 aromatic carbocycles. The Labute approximate surface area is 318 Å². The topological polar surface area (TPSA) is 34.0 Å². The zero-order chi connectivity index (χ0) is 36.1. The SMILES string of the molecule is c1ccc(N(c2ccc3c(c2)C2(c4ccccc4-c4ccccc42)c2ccccc2-3)c2ccc3ccc4ccc5nn(-c6ccccc6)nc5c4c3c2)cc1. The quantitative estimate of drug-likeness (QED) is 0.171. The number of benzene rings is 9. The summed E-state index contributed by atoms with van der Waals surface area (Å²) in [7, 11) is 0. The lowest BCUT2D eigenvalue weighted by molar-refractivity contribution is 0.766. The van der Waals surface area contributed by atoms with Crippen LogP contribution in [0.4, 0.5) is 17.1 Å². The maximum absolute atomic E-state index is 5.08. The second-order valence-corrected chi connectivity index (χ2v) is 14.6. The Bertz CT molecular complexity index is 3100. The summed E-state index contributed by atoms with van der Waals surface area (Å²) in [5.74, 6) is 0. The maximum Gasteiger partial charge on any atom is 0.122 e. The first-order valence-electron chi connectivity index (χ1n) is 18.8. The minimum atomic E-state index is -0.423. The van der Waals surface area contributed by atoms with Crippen LogP contribution in [0.5, 0.6) is 0 Å². The zero-order valence-corrected chi connectivity index (χ0v) is 29.8. The second kappa shape index (κ2) is 11.3. The molecule has 4 heteroatoms. The van der Waals surface area contributed by atoms with Crippen molar-refractivity contribution in [1.82, 2.24) is 15.0 Å². The van der Waals surface area contributed by atoms with Crippen LogP contribution in [-0.2, 0) is 5.41 Å². The van der Waals surface area contributed by atoms with Gasteiger partial charge in [0.05, 0.1) is 11.1 Å². The molecule has 0 saturated heterocycles. The van der Waals surface area contributed by atoms with E-state index in [0.29, 0.717) is 0 Å². The van der Waals surface area contributed by atoms with Gasteiger partial charge in [-0.2, -0.15) is 4.80 Å². The molecule has 0 bridgehead atoms. The number of aromatic nitrogens is 3. The summed E-state index contributed by atoms with van der Waals surface area (Å²) in [6, 6.07) is 70.5. The Morgan fingerprint density at radius 3 is 1.62 bits per heavy atom. The van der Waals surface area contributed by atoms with E-state index >= 15 is 0 Å². The Hall–Kier alpha value is -7.30. The Morgan fingerprint density at radius 1 is 0.400 bits per heavy atom. The van der Waals surface area contributed by atoms with Gasteiger partial charge in [0.2, 0.25) is 0 Å². The number of hydrogen-bond donors (Lipinski definition) is 0. The van der Waals surface area contributed by atoms with Gasteiger partial charge in [-0.05, 0) is 115 Å². The number of anilines is 3. The number of fused-ring (bicyclic) bond motifs is 15. The summed E-state index contributed by atoms with van der Waals surface area (Å²) in [4.78, 5) is 4.16. The molecule has 0 N–H and O–H groups in total. The molecule has 0 unspecified atom stereocenters. The number of para-hydroxylation sites is 2. The summed E-state index contributed by atoms with van der Waals surface area (Å²) in [6.45, 7) is 0. The van der Waals surface area contributed by atoms with Crippen molar-refractivity contribution in [3.63, 3.8) is 0 Å². The van der Waals surface area contributed by atoms with Crippen LogP contribution >= 0.6 is 0 Å². The standard InChI is InChI=1S/C51H32N4/c1-3-13-35(14-4-1)54(37-27-25-33-23-24-34-26-30-48-50(49(34)43(33)31-37)53-55(52-48)36-15-5-2-6-16-36)38-28-29-42-41-19-9-12-22-46(41)51(47(42)32-38)44-20-10-7-17-39(44)40-18-8-11-21-45(40)51/h1-32H. The summed E-state index contributed by atoms with van der Waals surface area (Å²) >= 11 is 0. The van der Waals surface area contributed by atoms with Crippen molar-refractivity contribution < 1.29 is 0 Å². The lowest BCUT2D eigenvalue weighted by Crippen LogP contribution is -2.26. The van der Waals surface area contributed by atoms with E-state index in [1.807, 2.05) is 30.3 Å². The summed E-state index contributed by atoms with van der Waals surface area (Å²) in [6.07, 6.45) is 0. The smallest absolute Gasteiger partial charge is 0.122 e. The highest BCUT2D eigenvalue weighted by molar-refractivity contribution is 6.19. The Kier molecular flexibility index (Phi) is 6.23. The summed E-state index contributed by atoms with van der Waals surface area (Å²) < 4.78 is 0. The van der Waals surface area contributed by atoms with Gasteiger partial charge in [-0.25, -0.2) is 0 Å². The molecule has 10 aromatic rings. The first-order chi connectivity index (χ1) is 27.3. The van der Waals surface area contributed by atoms with Gasteiger partial charge >= 0.3 is 0 Å². The first-order valence-corrected chi connectivity index (χ1v) is 18.8. The average Bonchev–Trinajstić information content (AvgIpc) is 3.92. The fourth-order valence-corrected chi connectivity index (χ4v) is 9.57. The molecule has 1 aromatic heterocycles. The highest BCUT2D eigenvalue weighted by atomic mass is 15.5. The van der Waals surface area contributed by atoms with Gasteiger partial charge in [0, 0.05) is 22.4 Å².